The van der Waals surface area contributed by atoms with E-state index in [0.717, 1.165) is 27.0 Å². The van der Waals surface area contributed by atoms with Gasteiger partial charge in [0.1, 0.15) is 0 Å². The number of thioether (sulfide) groups is 2. The summed E-state index contributed by atoms with van der Waals surface area (Å²) in [5.41, 5.74) is 1.13. The molecule has 2 aromatic carbocycles. The quantitative estimate of drug-likeness (QED) is 0.503. The summed E-state index contributed by atoms with van der Waals surface area (Å²) in [4.78, 5) is 12.8. The van der Waals surface area contributed by atoms with E-state index in [2.05, 4.69) is 5.32 Å². The Kier molecular flexibility index (Phi) is 8.17. The van der Waals surface area contributed by atoms with E-state index in [1.54, 1.807) is 11.8 Å². The second-order valence-corrected chi connectivity index (χ2v) is 7.73. The largest absolute Gasteiger partial charge is 0.355 e. The van der Waals surface area contributed by atoms with Crippen LogP contribution in [-0.2, 0) is 10.5 Å². The van der Waals surface area contributed by atoms with E-state index in [4.69, 9.17) is 23.2 Å². The zero-order valence-corrected chi connectivity index (χ0v) is 15.6. The van der Waals surface area contributed by atoms with Crippen molar-refractivity contribution in [2.75, 3.05) is 18.1 Å². The predicted molar refractivity (Wildman–Crippen MR) is 103 cm³/mol. The van der Waals surface area contributed by atoms with E-state index >= 15 is 0 Å². The molecule has 0 saturated carbocycles. The molecule has 0 saturated heterocycles. The fraction of sp³-hybridized carbons (Fsp3) is 0.235. The first-order valence-corrected chi connectivity index (χ1v) is 10.0. The molecular formula is C17H17Cl2NOS2. The maximum Gasteiger partial charge on any atom is 0.230 e. The maximum atomic E-state index is 11.8. The van der Waals surface area contributed by atoms with E-state index in [0.29, 0.717) is 17.3 Å². The lowest BCUT2D eigenvalue weighted by Crippen LogP contribution is -2.27. The zero-order valence-electron chi connectivity index (χ0n) is 12.4. The van der Waals surface area contributed by atoms with Crippen LogP contribution in [0.5, 0.6) is 0 Å². The molecule has 0 fully saturated rings. The van der Waals surface area contributed by atoms with Crippen molar-refractivity contribution in [3.63, 3.8) is 0 Å². The van der Waals surface area contributed by atoms with E-state index in [9.17, 15) is 4.79 Å². The highest BCUT2D eigenvalue weighted by atomic mass is 35.5. The predicted octanol–water partition coefficient (Wildman–Crippen LogP) is 5.14. The van der Waals surface area contributed by atoms with E-state index < -0.39 is 0 Å². The fourth-order valence-electron chi connectivity index (χ4n) is 1.79. The number of benzene rings is 2. The number of rotatable bonds is 8. The van der Waals surface area contributed by atoms with Crippen molar-refractivity contribution in [1.29, 1.82) is 0 Å². The smallest absolute Gasteiger partial charge is 0.230 e. The number of carbonyl (C=O) groups is 1. The highest BCUT2D eigenvalue weighted by Crippen LogP contribution is 2.21. The second kappa shape index (κ2) is 10.1. The van der Waals surface area contributed by atoms with Crippen molar-refractivity contribution >= 4 is 52.6 Å². The molecule has 0 heterocycles. The molecule has 0 radical (unpaired) electrons. The molecule has 0 aliphatic heterocycles. The van der Waals surface area contributed by atoms with Crippen molar-refractivity contribution in [3.05, 3.63) is 64.1 Å². The first kappa shape index (κ1) is 18.5. The van der Waals surface area contributed by atoms with Crippen LogP contribution in [0.4, 0.5) is 0 Å². The van der Waals surface area contributed by atoms with Crippen molar-refractivity contribution in [3.8, 4) is 0 Å². The molecule has 1 N–H and O–H groups in total. The van der Waals surface area contributed by atoms with Crippen molar-refractivity contribution in [2.45, 2.75) is 10.6 Å². The lowest BCUT2D eigenvalue weighted by molar-refractivity contribution is -0.118. The van der Waals surface area contributed by atoms with Gasteiger partial charge in [-0.1, -0.05) is 41.4 Å². The van der Waals surface area contributed by atoms with Crippen molar-refractivity contribution in [2.24, 2.45) is 0 Å². The monoisotopic (exact) mass is 385 g/mol. The first-order valence-electron chi connectivity index (χ1n) is 7.11. The Morgan fingerprint density at radius 2 is 1.78 bits per heavy atom. The van der Waals surface area contributed by atoms with Crippen LogP contribution in [0.1, 0.15) is 5.56 Å². The van der Waals surface area contributed by atoms with Gasteiger partial charge in [0.05, 0.1) is 5.75 Å². The first-order chi connectivity index (χ1) is 11.1. The summed E-state index contributed by atoms with van der Waals surface area (Å²) in [7, 11) is 0. The number of hydrogen-bond acceptors (Lipinski definition) is 3. The van der Waals surface area contributed by atoms with Crippen LogP contribution < -0.4 is 5.32 Å². The van der Waals surface area contributed by atoms with Gasteiger partial charge in [0.2, 0.25) is 5.91 Å². The number of halogens is 2. The van der Waals surface area contributed by atoms with Crippen LogP contribution in [0, 0.1) is 0 Å². The fourth-order valence-corrected chi connectivity index (χ4v) is 3.79. The van der Waals surface area contributed by atoms with Gasteiger partial charge in [-0.25, -0.2) is 0 Å². The van der Waals surface area contributed by atoms with E-state index in [1.165, 1.54) is 11.8 Å². The molecule has 23 heavy (non-hydrogen) atoms. The highest BCUT2D eigenvalue weighted by molar-refractivity contribution is 8.00. The van der Waals surface area contributed by atoms with Gasteiger partial charge in [0.15, 0.2) is 0 Å². The summed E-state index contributed by atoms with van der Waals surface area (Å²) >= 11 is 15.2. The molecule has 6 heteroatoms. The molecule has 0 bridgehead atoms. The Balaban J connectivity index is 1.58. The summed E-state index contributed by atoms with van der Waals surface area (Å²) in [5.74, 6) is 2.18. The summed E-state index contributed by atoms with van der Waals surface area (Å²) in [6.07, 6.45) is 0. The van der Waals surface area contributed by atoms with Crippen LogP contribution in [0.15, 0.2) is 53.4 Å². The van der Waals surface area contributed by atoms with Crippen LogP contribution in [0.2, 0.25) is 10.0 Å². The zero-order chi connectivity index (χ0) is 16.5. The molecule has 2 aromatic rings. The molecule has 0 unspecified atom stereocenters. The van der Waals surface area contributed by atoms with E-state index in [1.807, 2.05) is 48.5 Å². The molecular weight excluding hydrogens is 369 g/mol. The Hall–Kier alpha value is -0.810. The number of nitrogens with one attached hydrogen (secondary N) is 1. The topological polar surface area (TPSA) is 29.1 Å². The number of hydrogen-bond donors (Lipinski definition) is 1. The van der Waals surface area contributed by atoms with Gasteiger partial charge < -0.3 is 5.32 Å². The summed E-state index contributed by atoms with van der Waals surface area (Å²) in [6.45, 7) is 0.662. The molecule has 2 nitrogen and oxygen atoms in total. The van der Waals surface area contributed by atoms with Gasteiger partial charge in [-0.05, 0) is 35.9 Å². The average molecular weight is 386 g/mol. The Morgan fingerprint density at radius 1 is 1.04 bits per heavy atom. The highest BCUT2D eigenvalue weighted by Gasteiger charge is 2.03. The molecule has 0 aromatic heterocycles. The van der Waals surface area contributed by atoms with E-state index in [-0.39, 0.29) is 5.91 Å². The molecule has 0 atom stereocenters. The molecule has 0 aliphatic carbocycles. The molecule has 0 aliphatic rings. The third-order valence-electron chi connectivity index (χ3n) is 2.97. The maximum absolute atomic E-state index is 11.8. The van der Waals surface area contributed by atoms with Gasteiger partial charge in [-0.15, -0.1) is 11.8 Å². The minimum Gasteiger partial charge on any atom is -0.355 e. The van der Waals surface area contributed by atoms with Crippen LogP contribution in [0.3, 0.4) is 0 Å². The number of carbonyl (C=O) groups excluding carboxylic acids is 1. The number of amides is 1. The standard InChI is InChI=1S/C17H17Cl2NOS2/c18-14-5-7-15(8-6-14)23-12-17(21)20-9-10-22-11-13-3-1-2-4-16(13)19/h1-8H,9-12H2,(H,20,21). The van der Waals surface area contributed by atoms with Gasteiger partial charge >= 0.3 is 0 Å². The summed E-state index contributed by atoms with van der Waals surface area (Å²) in [6, 6.07) is 15.3. The minimum atomic E-state index is 0.0447. The molecule has 122 valence electrons. The lowest BCUT2D eigenvalue weighted by atomic mass is 10.2. The second-order valence-electron chi connectivity index (χ2n) is 4.74. The lowest BCUT2D eigenvalue weighted by Gasteiger charge is -2.06. The average Bonchev–Trinajstić information content (AvgIpc) is 2.55. The van der Waals surface area contributed by atoms with Gasteiger partial charge in [0.25, 0.3) is 0 Å². The van der Waals surface area contributed by atoms with Crippen LogP contribution in [-0.4, -0.2) is 24.0 Å². The van der Waals surface area contributed by atoms with Gasteiger partial charge in [-0.2, -0.15) is 11.8 Å². The van der Waals surface area contributed by atoms with Crippen LogP contribution >= 0.6 is 46.7 Å². The van der Waals surface area contributed by atoms with Crippen molar-refractivity contribution < 1.29 is 4.79 Å². The molecule has 0 spiro atoms. The Bertz CT molecular complexity index is 635. The van der Waals surface area contributed by atoms with Gasteiger partial charge in [0, 0.05) is 33.0 Å². The third kappa shape index (κ3) is 7.08. The van der Waals surface area contributed by atoms with Crippen molar-refractivity contribution in [1.82, 2.24) is 5.32 Å². The third-order valence-corrected chi connectivity index (χ3v) is 5.61. The SMILES string of the molecule is O=C(CSc1ccc(Cl)cc1)NCCSCc1ccccc1Cl. The Labute approximate surface area is 155 Å². The summed E-state index contributed by atoms with van der Waals surface area (Å²) in [5, 5.41) is 4.42. The molecule has 2 rings (SSSR count). The minimum absolute atomic E-state index is 0.0447. The van der Waals surface area contributed by atoms with Crippen LogP contribution in [0.25, 0.3) is 0 Å². The molecule has 1 amide bonds. The Morgan fingerprint density at radius 3 is 2.52 bits per heavy atom. The van der Waals surface area contributed by atoms with Gasteiger partial charge in [-0.3, -0.25) is 4.79 Å². The normalized spacial score (nSPS) is 10.5. The summed E-state index contributed by atoms with van der Waals surface area (Å²) < 4.78 is 0.